The van der Waals surface area contributed by atoms with E-state index in [-0.39, 0.29) is 30.0 Å². The maximum Gasteiger partial charge on any atom is 0.315 e. The second kappa shape index (κ2) is 7.48. The van der Waals surface area contributed by atoms with Crippen molar-refractivity contribution in [3.8, 4) is 5.75 Å². The lowest BCUT2D eigenvalue weighted by molar-refractivity contribution is 0.113. The van der Waals surface area contributed by atoms with Gasteiger partial charge in [-0.15, -0.1) is 0 Å². The maximum atomic E-state index is 12.5. The third kappa shape index (κ3) is 3.98. The SMILES string of the molecule is CC(C)(CNC(=O)N[C@H]1c2ccccc2OC[C@H]1CO)C1=CCCC1. The van der Waals surface area contributed by atoms with Crippen molar-refractivity contribution >= 4 is 6.03 Å². The minimum atomic E-state index is -0.247. The molecule has 1 aliphatic carbocycles. The Morgan fingerprint density at radius 3 is 2.88 bits per heavy atom. The van der Waals surface area contributed by atoms with Gasteiger partial charge in [-0.25, -0.2) is 4.79 Å². The van der Waals surface area contributed by atoms with E-state index in [9.17, 15) is 9.90 Å². The lowest BCUT2D eigenvalue weighted by atomic mass is 9.83. The highest BCUT2D eigenvalue weighted by Gasteiger charge is 2.32. The summed E-state index contributed by atoms with van der Waals surface area (Å²) >= 11 is 0. The summed E-state index contributed by atoms with van der Waals surface area (Å²) in [6, 6.07) is 7.22. The molecule has 5 heteroatoms. The number of nitrogens with one attached hydrogen (secondary N) is 2. The van der Waals surface area contributed by atoms with E-state index in [1.807, 2.05) is 24.3 Å². The van der Waals surface area contributed by atoms with Gasteiger partial charge >= 0.3 is 6.03 Å². The van der Waals surface area contributed by atoms with Crippen LogP contribution in [0.3, 0.4) is 0 Å². The Hall–Kier alpha value is -2.01. The zero-order valence-corrected chi connectivity index (χ0v) is 15.0. The Kier molecular flexibility index (Phi) is 5.33. The Labute approximate surface area is 149 Å². The van der Waals surface area contributed by atoms with Gasteiger partial charge in [0.15, 0.2) is 0 Å². The Morgan fingerprint density at radius 2 is 2.16 bits per heavy atom. The molecule has 0 fully saturated rings. The molecule has 1 aliphatic heterocycles. The van der Waals surface area contributed by atoms with Gasteiger partial charge in [0.05, 0.1) is 19.3 Å². The van der Waals surface area contributed by atoms with Gasteiger partial charge in [0, 0.05) is 23.4 Å². The molecule has 0 radical (unpaired) electrons. The third-order valence-electron chi connectivity index (χ3n) is 5.30. The summed E-state index contributed by atoms with van der Waals surface area (Å²) in [5.74, 6) is 0.625. The summed E-state index contributed by atoms with van der Waals surface area (Å²) in [5, 5.41) is 15.7. The molecule has 1 aromatic carbocycles. The number of hydrogen-bond donors (Lipinski definition) is 3. The Bertz CT molecular complexity index is 654. The second-order valence-electron chi connectivity index (χ2n) is 7.60. The fourth-order valence-corrected chi connectivity index (χ4v) is 3.66. The quantitative estimate of drug-likeness (QED) is 0.719. The number of carbonyl (C=O) groups is 1. The average Bonchev–Trinajstić information content (AvgIpc) is 3.16. The molecule has 0 bridgehead atoms. The van der Waals surface area contributed by atoms with Gasteiger partial charge in [0.1, 0.15) is 5.75 Å². The minimum Gasteiger partial charge on any atom is -0.493 e. The average molecular weight is 344 g/mol. The Morgan fingerprint density at radius 1 is 1.36 bits per heavy atom. The summed E-state index contributed by atoms with van der Waals surface area (Å²) in [4.78, 5) is 12.5. The van der Waals surface area contributed by atoms with Crippen LogP contribution in [0.2, 0.25) is 0 Å². The van der Waals surface area contributed by atoms with Crippen LogP contribution in [0.15, 0.2) is 35.9 Å². The third-order valence-corrected chi connectivity index (χ3v) is 5.30. The zero-order valence-electron chi connectivity index (χ0n) is 15.0. The van der Waals surface area contributed by atoms with Gasteiger partial charge < -0.3 is 20.5 Å². The molecule has 5 nitrogen and oxygen atoms in total. The van der Waals surface area contributed by atoms with E-state index < -0.39 is 0 Å². The van der Waals surface area contributed by atoms with Crippen molar-refractivity contribution in [2.45, 2.75) is 39.2 Å². The first-order valence-electron chi connectivity index (χ1n) is 9.08. The van der Waals surface area contributed by atoms with E-state index >= 15 is 0 Å². The van der Waals surface area contributed by atoms with E-state index in [4.69, 9.17) is 4.74 Å². The topological polar surface area (TPSA) is 70.6 Å². The highest BCUT2D eigenvalue weighted by Crippen LogP contribution is 2.36. The number of ether oxygens (including phenoxy) is 1. The van der Waals surface area contributed by atoms with Crippen molar-refractivity contribution in [2.24, 2.45) is 11.3 Å². The highest BCUT2D eigenvalue weighted by molar-refractivity contribution is 5.74. The summed E-state index contributed by atoms with van der Waals surface area (Å²) in [6.45, 7) is 5.31. The monoisotopic (exact) mass is 344 g/mol. The van der Waals surface area contributed by atoms with E-state index in [0.717, 1.165) is 24.2 Å². The highest BCUT2D eigenvalue weighted by atomic mass is 16.5. The van der Waals surface area contributed by atoms with Crippen molar-refractivity contribution in [3.05, 3.63) is 41.5 Å². The van der Waals surface area contributed by atoms with Crippen LogP contribution in [0.1, 0.15) is 44.7 Å². The molecule has 3 rings (SSSR count). The van der Waals surface area contributed by atoms with Gasteiger partial charge in [-0.2, -0.15) is 0 Å². The maximum absolute atomic E-state index is 12.5. The first-order chi connectivity index (χ1) is 12.0. The fraction of sp³-hybridized carbons (Fsp3) is 0.550. The zero-order chi connectivity index (χ0) is 17.9. The predicted octanol–water partition coefficient (Wildman–Crippen LogP) is 3.16. The number of allylic oxidation sites excluding steroid dienone is 1. The molecule has 1 aromatic rings. The van der Waals surface area contributed by atoms with Crippen LogP contribution in [0.25, 0.3) is 0 Å². The number of fused-ring (bicyclic) bond motifs is 1. The summed E-state index contributed by atoms with van der Waals surface area (Å²) in [5.41, 5.74) is 2.32. The molecule has 0 saturated carbocycles. The standard InChI is InChI=1S/C20H28N2O3/c1-20(2,15-7-3-4-8-15)13-21-19(24)22-18-14(11-23)12-25-17-10-6-5-9-16(17)18/h5-7,9-10,14,18,23H,3-4,8,11-13H2,1-2H3,(H2,21,22,24)/t14-,18-/m1/s1. The molecule has 0 spiro atoms. The van der Waals surface area contributed by atoms with Crippen molar-refractivity contribution in [2.75, 3.05) is 19.8 Å². The van der Waals surface area contributed by atoms with Crippen molar-refractivity contribution in [3.63, 3.8) is 0 Å². The smallest absolute Gasteiger partial charge is 0.315 e. The van der Waals surface area contributed by atoms with Gasteiger partial charge in [0.2, 0.25) is 0 Å². The van der Waals surface area contributed by atoms with Crippen LogP contribution in [0, 0.1) is 11.3 Å². The van der Waals surface area contributed by atoms with Crippen molar-refractivity contribution < 1.29 is 14.6 Å². The molecule has 2 aliphatic rings. The summed E-state index contributed by atoms with van der Waals surface area (Å²) in [6.07, 6.45) is 5.77. The fourth-order valence-electron chi connectivity index (χ4n) is 3.66. The summed E-state index contributed by atoms with van der Waals surface area (Å²) in [7, 11) is 0. The summed E-state index contributed by atoms with van der Waals surface area (Å²) < 4.78 is 5.68. The van der Waals surface area contributed by atoms with Crippen LogP contribution >= 0.6 is 0 Å². The van der Waals surface area contributed by atoms with Crippen LogP contribution in [0.5, 0.6) is 5.75 Å². The molecule has 3 N–H and O–H groups in total. The van der Waals surface area contributed by atoms with E-state index in [2.05, 4.69) is 30.6 Å². The number of para-hydroxylation sites is 1. The van der Waals surface area contributed by atoms with Gasteiger partial charge in [0.25, 0.3) is 0 Å². The molecule has 136 valence electrons. The van der Waals surface area contributed by atoms with Crippen LogP contribution in [-0.4, -0.2) is 30.9 Å². The Balaban J connectivity index is 1.63. The predicted molar refractivity (Wildman–Crippen MR) is 97.5 cm³/mol. The second-order valence-corrected chi connectivity index (χ2v) is 7.60. The molecular formula is C20H28N2O3. The number of aliphatic hydroxyl groups is 1. The number of aliphatic hydroxyl groups excluding tert-OH is 1. The van der Waals surface area contributed by atoms with E-state index in [1.165, 1.54) is 12.0 Å². The molecule has 0 unspecified atom stereocenters. The van der Waals surface area contributed by atoms with Crippen LogP contribution in [-0.2, 0) is 0 Å². The number of amides is 2. The minimum absolute atomic E-state index is 0.0300. The molecule has 0 aromatic heterocycles. The molecule has 2 atom stereocenters. The lowest BCUT2D eigenvalue weighted by Gasteiger charge is -2.33. The number of carbonyl (C=O) groups excluding carboxylic acids is 1. The number of benzene rings is 1. The van der Waals surface area contributed by atoms with Crippen LogP contribution in [0.4, 0.5) is 4.79 Å². The van der Waals surface area contributed by atoms with Crippen molar-refractivity contribution in [1.29, 1.82) is 0 Å². The molecule has 1 heterocycles. The number of urea groups is 1. The first-order valence-corrected chi connectivity index (χ1v) is 9.08. The van der Waals surface area contributed by atoms with Gasteiger partial charge in [-0.05, 0) is 25.3 Å². The normalized spacial score (nSPS) is 22.6. The molecule has 25 heavy (non-hydrogen) atoms. The number of hydrogen-bond acceptors (Lipinski definition) is 3. The van der Waals surface area contributed by atoms with E-state index in [0.29, 0.717) is 13.2 Å². The molecule has 2 amide bonds. The van der Waals surface area contributed by atoms with E-state index in [1.54, 1.807) is 0 Å². The van der Waals surface area contributed by atoms with Gasteiger partial charge in [-0.1, -0.05) is 43.7 Å². The van der Waals surface area contributed by atoms with Gasteiger partial charge in [-0.3, -0.25) is 0 Å². The molecule has 0 saturated heterocycles. The van der Waals surface area contributed by atoms with Crippen LogP contribution < -0.4 is 15.4 Å². The lowest BCUT2D eigenvalue weighted by Crippen LogP contribution is -2.46. The molecular weight excluding hydrogens is 316 g/mol. The van der Waals surface area contributed by atoms with Crippen molar-refractivity contribution in [1.82, 2.24) is 10.6 Å². The first kappa shape index (κ1) is 17.8. The largest absolute Gasteiger partial charge is 0.493 e. The number of rotatable bonds is 5.